The number of nitrogens with zero attached hydrogens (tertiary/aromatic N) is 1. The summed E-state index contributed by atoms with van der Waals surface area (Å²) in [4.78, 5) is 13.9. The smallest absolute Gasteiger partial charge is 0.258 e. The highest BCUT2D eigenvalue weighted by Gasteiger charge is 2.27. The van der Waals surface area contributed by atoms with E-state index < -0.39 is 5.82 Å². The molecule has 1 aromatic carbocycles. The number of carbonyl (C=O) groups excluding carboxylic acids is 1. The van der Waals surface area contributed by atoms with Gasteiger partial charge < -0.3 is 10.2 Å². The van der Waals surface area contributed by atoms with Crippen LogP contribution in [0.3, 0.4) is 0 Å². The lowest BCUT2D eigenvalue weighted by Crippen LogP contribution is -2.52. The van der Waals surface area contributed by atoms with Crippen LogP contribution < -0.4 is 5.32 Å². The SMILES string of the molecule is CC1CNCCN1C(=O)c1c(F)cccc1Cl. The third kappa shape index (κ3) is 2.42. The second-order valence-electron chi connectivity index (χ2n) is 4.15. The third-order valence-electron chi connectivity index (χ3n) is 2.94. The van der Waals surface area contributed by atoms with Crippen molar-refractivity contribution in [2.45, 2.75) is 13.0 Å². The second kappa shape index (κ2) is 5.02. The molecule has 1 aliphatic heterocycles. The van der Waals surface area contributed by atoms with Gasteiger partial charge in [0.2, 0.25) is 0 Å². The van der Waals surface area contributed by atoms with Crippen LogP contribution in [0.4, 0.5) is 4.39 Å². The van der Waals surface area contributed by atoms with Crippen molar-refractivity contribution in [3.63, 3.8) is 0 Å². The van der Waals surface area contributed by atoms with E-state index >= 15 is 0 Å². The highest BCUT2D eigenvalue weighted by Crippen LogP contribution is 2.22. The number of hydrogen-bond acceptors (Lipinski definition) is 2. The molecule has 1 saturated heterocycles. The largest absolute Gasteiger partial charge is 0.333 e. The quantitative estimate of drug-likeness (QED) is 0.833. The molecule has 1 heterocycles. The summed E-state index contributed by atoms with van der Waals surface area (Å²) in [6, 6.07) is 4.33. The lowest BCUT2D eigenvalue weighted by Gasteiger charge is -2.34. The number of hydrogen-bond donors (Lipinski definition) is 1. The molecule has 1 aliphatic rings. The maximum Gasteiger partial charge on any atom is 0.258 e. The predicted octanol–water partition coefficient (Wildman–Crippen LogP) is 1.91. The Morgan fingerprint density at radius 1 is 1.59 bits per heavy atom. The van der Waals surface area contributed by atoms with Crippen molar-refractivity contribution in [2.24, 2.45) is 0 Å². The minimum atomic E-state index is -0.562. The Kier molecular flexibility index (Phi) is 3.64. The first-order valence-electron chi connectivity index (χ1n) is 5.57. The van der Waals surface area contributed by atoms with Crippen molar-refractivity contribution in [3.05, 3.63) is 34.6 Å². The number of nitrogens with one attached hydrogen (secondary N) is 1. The minimum absolute atomic E-state index is 0.0251. The van der Waals surface area contributed by atoms with Crippen molar-refractivity contribution in [1.82, 2.24) is 10.2 Å². The first-order chi connectivity index (χ1) is 8.11. The Bertz CT molecular complexity index is 418. The molecule has 17 heavy (non-hydrogen) atoms. The van der Waals surface area contributed by atoms with Gasteiger partial charge >= 0.3 is 0 Å². The molecular formula is C12H14ClFN2O. The van der Waals surface area contributed by atoms with Crippen LogP contribution in [0.25, 0.3) is 0 Å². The van der Waals surface area contributed by atoms with Gasteiger partial charge in [-0.25, -0.2) is 4.39 Å². The predicted molar refractivity (Wildman–Crippen MR) is 64.8 cm³/mol. The van der Waals surface area contributed by atoms with Gasteiger partial charge in [-0.15, -0.1) is 0 Å². The molecule has 0 saturated carbocycles. The van der Waals surface area contributed by atoms with E-state index in [0.717, 1.165) is 13.1 Å². The summed E-state index contributed by atoms with van der Waals surface area (Å²) in [5.74, 6) is -0.893. The van der Waals surface area contributed by atoms with Crippen LogP contribution in [-0.2, 0) is 0 Å². The maximum absolute atomic E-state index is 13.6. The molecule has 1 N–H and O–H groups in total. The number of benzene rings is 1. The minimum Gasteiger partial charge on any atom is -0.333 e. The number of amides is 1. The van der Waals surface area contributed by atoms with Crippen LogP contribution in [0.5, 0.6) is 0 Å². The van der Waals surface area contributed by atoms with Crippen LogP contribution in [0.1, 0.15) is 17.3 Å². The van der Waals surface area contributed by atoms with Crippen molar-refractivity contribution >= 4 is 17.5 Å². The summed E-state index contributed by atoms with van der Waals surface area (Å²) in [6.07, 6.45) is 0. The van der Waals surface area contributed by atoms with Crippen LogP contribution in [0.2, 0.25) is 5.02 Å². The van der Waals surface area contributed by atoms with Crippen LogP contribution in [0, 0.1) is 5.82 Å². The first-order valence-corrected chi connectivity index (χ1v) is 5.94. The standard InChI is InChI=1S/C12H14ClFN2O/c1-8-7-15-5-6-16(8)12(17)11-9(13)3-2-4-10(11)14/h2-4,8,15H,5-7H2,1H3. The fourth-order valence-electron chi connectivity index (χ4n) is 1.99. The second-order valence-corrected chi connectivity index (χ2v) is 4.56. The van der Waals surface area contributed by atoms with Gasteiger partial charge in [0.1, 0.15) is 5.82 Å². The molecule has 1 aromatic rings. The van der Waals surface area contributed by atoms with Crippen molar-refractivity contribution in [2.75, 3.05) is 19.6 Å². The topological polar surface area (TPSA) is 32.3 Å². The average Bonchev–Trinajstić information content (AvgIpc) is 2.29. The lowest BCUT2D eigenvalue weighted by atomic mass is 10.1. The average molecular weight is 257 g/mol. The molecule has 3 nitrogen and oxygen atoms in total. The van der Waals surface area contributed by atoms with Crippen molar-refractivity contribution in [3.8, 4) is 0 Å². The maximum atomic E-state index is 13.6. The Hall–Kier alpha value is -1.13. The zero-order valence-corrected chi connectivity index (χ0v) is 10.3. The van der Waals surface area contributed by atoms with E-state index in [-0.39, 0.29) is 22.5 Å². The van der Waals surface area contributed by atoms with E-state index in [4.69, 9.17) is 11.6 Å². The monoisotopic (exact) mass is 256 g/mol. The summed E-state index contributed by atoms with van der Waals surface area (Å²) >= 11 is 5.89. The van der Waals surface area contributed by atoms with Gasteiger partial charge in [0, 0.05) is 25.7 Å². The summed E-state index contributed by atoms with van der Waals surface area (Å²) in [5, 5.41) is 3.35. The molecule has 0 aromatic heterocycles. The molecule has 1 atom stereocenters. The summed E-state index contributed by atoms with van der Waals surface area (Å²) in [5.41, 5.74) is -0.0251. The number of carbonyl (C=O) groups is 1. The van der Waals surface area contributed by atoms with E-state index in [9.17, 15) is 9.18 Å². The molecule has 0 bridgehead atoms. The zero-order chi connectivity index (χ0) is 12.4. The normalized spacial score (nSPS) is 20.4. The third-order valence-corrected chi connectivity index (χ3v) is 3.25. The highest BCUT2D eigenvalue weighted by atomic mass is 35.5. The van der Waals surface area contributed by atoms with Gasteiger partial charge in [-0.1, -0.05) is 17.7 Å². The van der Waals surface area contributed by atoms with Gasteiger partial charge in [0.15, 0.2) is 0 Å². The number of halogens is 2. The Balaban J connectivity index is 2.30. The first kappa shape index (κ1) is 12.3. The molecule has 5 heteroatoms. The van der Waals surface area contributed by atoms with E-state index in [0.29, 0.717) is 6.54 Å². The van der Waals surface area contributed by atoms with Gasteiger partial charge in [0.05, 0.1) is 10.6 Å². The van der Waals surface area contributed by atoms with E-state index in [2.05, 4.69) is 5.32 Å². The van der Waals surface area contributed by atoms with Gasteiger partial charge in [-0.05, 0) is 19.1 Å². The highest BCUT2D eigenvalue weighted by molar-refractivity contribution is 6.33. The van der Waals surface area contributed by atoms with E-state index in [1.54, 1.807) is 4.90 Å². The van der Waals surface area contributed by atoms with Crippen molar-refractivity contribution < 1.29 is 9.18 Å². The van der Waals surface area contributed by atoms with Gasteiger partial charge in [0.25, 0.3) is 5.91 Å². The van der Waals surface area contributed by atoms with E-state index in [1.165, 1.54) is 18.2 Å². The molecule has 0 spiro atoms. The molecule has 1 unspecified atom stereocenters. The molecule has 2 rings (SSSR count). The van der Waals surface area contributed by atoms with E-state index in [1.807, 2.05) is 6.92 Å². The summed E-state index contributed by atoms with van der Waals surface area (Å²) in [7, 11) is 0. The molecule has 92 valence electrons. The Morgan fingerprint density at radius 2 is 2.35 bits per heavy atom. The Labute approximate surface area is 105 Å². The summed E-state index contributed by atoms with van der Waals surface area (Å²) < 4.78 is 13.6. The molecule has 1 amide bonds. The zero-order valence-electron chi connectivity index (χ0n) is 9.54. The Morgan fingerprint density at radius 3 is 3.00 bits per heavy atom. The van der Waals surface area contributed by atoms with Crippen molar-refractivity contribution in [1.29, 1.82) is 0 Å². The molecule has 0 radical (unpaired) electrons. The number of rotatable bonds is 1. The van der Waals surface area contributed by atoms with Crippen LogP contribution >= 0.6 is 11.6 Å². The van der Waals surface area contributed by atoms with Gasteiger partial charge in [-0.3, -0.25) is 4.79 Å². The molecule has 0 aliphatic carbocycles. The van der Waals surface area contributed by atoms with Crippen LogP contribution in [-0.4, -0.2) is 36.5 Å². The lowest BCUT2D eigenvalue weighted by molar-refractivity contribution is 0.0651. The fraction of sp³-hybridized carbons (Fsp3) is 0.417. The summed E-state index contributed by atoms with van der Waals surface area (Å²) in [6.45, 7) is 3.95. The number of piperazine rings is 1. The molecular weight excluding hydrogens is 243 g/mol. The fourth-order valence-corrected chi connectivity index (χ4v) is 2.23. The van der Waals surface area contributed by atoms with Crippen LogP contribution in [0.15, 0.2) is 18.2 Å². The molecule has 1 fully saturated rings. The van der Waals surface area contributed by atoms with Gasteiger partial charge in [-0.2, -0.15) is 0 Å².